The van der Waals surface area contributed by atoms with E-state index in [4.69, 9.17) is 19.5 Å². The van der Waals surface area contributed by atoms with Crippen LogP contribution in [-0.4, -0.2) is 69.5 Å². The molecule has 0 fully saturated rings. The molecule has 0 bridgehead atoms. The molecule has 0 amide bonds. The number of ether oxygens (including phenoxy) is 1. The molecule has 0 aromatic heterocycles. The third-order valence-electron chi connectivity index (χ3n) is 5.01. The predicted molar refractivity (Wildman–Crippen MR) is 125 cm³/mol. The standard InChI is InChI=1S/C22H49N2O5P/c1-5-6-7-8-9-10-11-12-13-14-15-16-18-27-21-22(20-23)29-30(25,26)28-19-17-24(2,3)4/h22H,5-21,23H2,1-4H3/p+1. The predicted octanol–water partition coefficient (Wildman–Crippen LogP) is 4.87. The average Bonchev–Trinajstić information content (AvgIpc) is 2.66. The van der Waals surface area contributed by atoms with Crippen molar-refractivity contribution in [2.75, 3.05) is 54.1 Å². The Morgan fingerprint density at radius 2 is 1.37 bits per heavy atom. The number of hydrogen-bond donors (Lipinski definition) is 2. The van der Waals surface area contributed by atoms with Gasteiger partial charge in [-0.2, -0.15) is 0 Å². The highest BCUT2D eigenvalue weighted by atomic mass is 31.2. The van der Waals surface area contributed by atoms with Crippen molar-refractivity contribution >= 4 is 7.82 Å². The molecule has 0 heterocycles. The van der Waals surface area contributed by atoms with E-state index in [0.717, 1.165) is 12.8 Å². The summed E-state index contributed by atoms with van der Waals surface area (Å²) in [4.78, 5) is 9.82. The van der Waals surface area contributed by atoms with Gasteiger partial charge in [0, 0.05) is 13.2 Å². The van der Waals surface area contributed by atoms with E-state index in [0.29, 0.717) is 17.6 Å². The topological polar surface area (TPSA) is 91.0 Å². The molecule has 0 aliphatic carbocycles. The van der Waals surface area contributed by atoms with Crippen molar-refractivity contribution in [1.82, 2.24) is 0 Å². The van der Waals surface area contributed by atoms with Crippen molar-refractivity contribution in [2.45, 2.75) is 90.1 Å². The Bertz CT molecular complexity index is 432. The minimum atomic E-state index is -4.11. The number of quaternary nitrogens is 1. The zero-order valence-electron chi connectivity index (χ0n) is 20.2. The highest BCUT2D eigenvalue weighted by molar-refractivity contribution is 7.47. The van der Waals surface area contributed by atoms with Gasteiger partial charge in [0.2, 0.25) is 0 Å². The first kappa shape index (κ1) is 30.0. The van der Waals surface area contributed by atoms with E-state index in [9.17, 15) is 9.46 Å². The number of rotatable bonds is 22. The molecule has 2 atom stereocenters. The largest absolute Gasteiger partial charge is 0.472 e. The third kappa shape index (κ3) is 21.2. The molecule has 0 saturated carbocycles. The normalized spacial score (nSPS) is 15.3. The highest BCUT2D eigenvalue weighted by Gasteiger charge is 2.27. The molecule has 0 saturated heterocycles. The Labute approximate surface area is 185 Å². The quantitative estimate of drug-likeness (QED) is 0.138. The molecule has 0 rings (SSSR count). The van der Waals surface area contributed by atoms with Crippen LogP contribution in [-0.2, 0) is 18.3 Å². The van der Waals surface area contributed by atoms with Crippen LogP contribution in [0.1, 0.15) is 84.0 Å². The number of phosphoric acid groups is 1. The first-order valence-electron chi connectivity index (χ1n) is 11.9. The molecule has 0 spiro atoms. The molecule has 2 unspecified atom stereocenters. The number of likely N-dealkylation sites (N-methyl/N-ethyl adjacent to an activating group) is 1. The second-order valence-corrected chi connectivity index (χ2v) is 10.6. The molecule has 3 N–H and O–H groups in total. The van der Waals surface area contributed by atoms with Gasteiger partial charge >= 0.3 is 7.82 Å². The molecule has 0 aliphatic heterocycles. The van der Waals surface area contributed by atoms with Crippen LogP contribution in [0.15, 0.2) is 0 Å². The van der Waals surface area contributed by atoms with Crippen LogP contribution in [0.4, 0.5) is 0 Å². The molecule has 182 valence electrons. The Morgan fingerprint density at radius 1 is 0.867 bits per heavy atom. The second kappa shape index (κ2) is 18.6. The van der Waals surface area contributed by atoms with Crippen molar-refractivity contribution in [2.24, 2.45) is 5.73 Å². The summed E-state index contributed by atoms with van der Waals surface area (Å²) >= 11 is 0. The van der Waals surface area contributed by atoms with Crippen molar-refractivity contribution in [3.05, 3.63) is 0 Å². The first-order chi connectivity index (χ1) is 14.2. The maximum atomic E-state index is 12.0. The van der Waals surface area contributed by atoms with Gasteiger partial charge in [0.25, 0.3) is 0 Å². The van der Waals surface area contributed by atoms with Crippen molar-refractivity contribution < 1.29 is 27.7 Å². The van der Waals surface area contributed by atoms with Crippen molar-refractivity contribution in [1.29, 1.82) is 0 Å². The van der Waals surface area contributed by atoms with Gasteiger partial charge in [-0.25, -0.2) is 4.57 Å². The van der Waals surface area contributed by atoms with Gasteiger partial charge in [-0.3, -0.25) is 9.05 Å². The molecule has 0 aromatic carbocycles. The van der Waals surface area contributed by atoms with Crippen molar-refractivity contribution in [3.63, 3.8) is 0 Å². The first-order valence-corrected chi connectivity index (χ1v) is 13.4. The lowest BCUT2D eigenvalue weighted by molar-refractivity contribution is -0.870. The number of hydrogen-bond acceptors (Lipinski definition) is 5. The average molecular weight is 454 g/mol. The van der Waals surface area contributed by atoms with Gasteiger partial charge in [-0.05, 0) is 6.42 Å². The summed E-state index contributed by atoms with van der Waals surface area (Å²) in [6.07, 6.45) is 15.0. The molecular formula is C22H50N2O5P+. The second-order valence-electron chi connectivity index (χ2n) is 9.24. The zero-order chi connectivity index (χ0) is 22.7. The van der Waals surface area contributed by atoms with E-state index in [1.807, 2.05) is 21.1 Å². The van der Waals surface area contributed by atoms with E-state index in [2.05, 4.69) is 6.92 Å². The van der Waals surface area contributed by atoms with Crippen LogP contribution < -0.4 is 5.73 Å². The molecular weight excluding hydrogens is 403 g/mol. The van der Waals surface area contributed by atoms with E-state index in [1.165, 1.54) is 64.2 Å². The van der Waals surface area contributed by atoms with Crippen LogP contribution in [0, 0.1) is 0 Å². The Balaban J connectivity index is 3.61. The van der Waals surface area contributed by atoms with Gasteiger partial charge in [0.15, 0.2) is 0 Å². The summed E-state index contributed by atoms with van der Waals surface area (Å²) in [5, 5.41) is 0. The lowest BCUT2D eigenvalue weighted by Crippen LogP contribution is -2.37. The third-order valence-corrected chi connectivity index (χ3v) is 6.08. The van der Waals surface area contributed by atoms with Crippen LogP contribution in [0.25, 0.3) is 0 Å². The fraction of sp³-hybridized carbons (Fsp3) is 1.00. The lowest BCUT2D eigenvalue weighted by atomic mass is 10.1. The van der Waals surface area contributed by atoms with Gasteiger partial charge < -0.3 is 19.8 Å². The molecule has 30 heavy (non-hydrogen) atoms. The van der Waals surface area contributed by atoms with E-state index < -0.39 is 13.9 Å². The Hall–Kier alpha value is -0.0100. The van der Waals surface area contributed by atoms with E-state index >= 15 is 0 Å². The number of nitrogens with two attached hydrogens (primary N) is 1. The van der Waals surface area contributed by atoms with Crippen LogP contribution in [0.2, 0.25) is 0 Å². The maximum absolute atomic E-state index is 12.0. The fourth-order valence-electron chi connectivity index (χ4n) is 3.05. The number of phosphoric ester groups is 1. The number of unbranched alkanes of at least 4 members (excludes halogenated alkanes) is 11. The van der Waals surface area contributed by atoms with Crippen LogP contribution in [0.5, 0.6) is 0 Å². The molecule has 8 heteroatoms. The number of nitrogens with zero attached hydrogens (tertiary/aromatic N) is 1. The SMILES string of the molecule is CCCCCCCCCCCCCCOCC(CN)OP(=O)(O)OCC[N+](C)(C)C. The van der Waals surface area contributed by atoms with Gasteiger partial charge in [-0.15, -0.1) is 0 Å². The Kier molecular flexibility index (Phi) is 18.5. The fourth-order valence-corrected chi connectivity index (χ4v) is 3.95. The van der Waals surface area contributed by atoms with Gasteiger partial charge in [0.1, 0.15) is 19.3 Å². The minimum Gasteiger partial charge on any atom is -0.379 e. The van der Waals surface area contributed by atoms with Gasteiger partial charge in [0.05, 0.1) is 27.7 Å². The summed E-state index contributed by atoms with van der Waals surface area (Å²) in [5.74, 6) is 0. The summed E-state index contributed by atoms with van der Waals surface area (Å²) in [6, 6.07) is 0. The van der Waals surface area contributed by atoms with E-state index in [-0.39, 0.29) is 19.8 Å². The lowest BCUT2D eigenvalue weighted by Gasteiger charge is -2.25. The molecule has 0 aromatic rings. The molecule has 7 nitrogen and oxygen atoms in total. The molecule has 0 radical (unpaired) electrons. The molecule has 0 aliphatic rings. The summed E-state index contributed by atoms with van der Waals surface area (Å²) < 4.78 is 28.4. The minimum absolute atomic E-state index is 0.113. The maximum Gasteiger partial charge on any atom is 0.472 e. The highest BCUT2D eigenvalue weighted by Crippen LogP contribution is 2.44. The Morgan fingerprint density at radius 3 is 1.83 bits per heavy atom. The van der Waals surface area contributed by atoms with Crippen molar-refractivity contribution in [3.8, 4) is 0 Å². The summed E-state index contributed by atoms with van der Waals surface area (Å²) in [6.45, 7) is 3.95. The van der Waals surface area contributed by atoms with Gasteiger partial charge in [-0.1, -0.05) is 77.6 Å². The van der Waals surface area contributed by atoms with Crippen LogP contribution in [0.3, 0.4) is 0 Å². The zero-order valence-corrected chi connectivity index (χ0v) is 21.0. The smallest absolute Gasteiger partial charge is 0.379 e. The van der Waals surface area contributed by atoms with Crippen LogP contribution >= 0.6 is 7.82 Å². The summed E-state index contributed by atoms with van der Waals surface area (Å²) in [7, 11) is 1.84. The summed E-state index contributed by atoms with van der Waals surface area (Å²) in [5.41, 5.74) is 5.64. The van der Waals surface area contributed by atoms with E-state index in [1.54, 1.807) is 0 Å². The monoisotopic (exact) mass is 453 g/mol.